The first-order valence-corrected chi connectivity index (χ1v) is 6.24. The first-order chi connectivity index (χ1) is 9.08. The Morgan fingerprint density at radius 3 is 2.58 bits per heavy atom. The van der Waals surface area contributed by atoms with E-state index in [9.17, 15) is 4.79 Å². The summed E-state index contributed by atoms with van der Waals surface area (Å²) in [5.74, 6) is 0.122. The largest absolute Gasteiger partial charge is 0.480 e. The Morgan fingerprint density at radius 2 is 2.00 bits per heavy atom. The summed E-state index contributed by atoms with van der Waals surface area (Å²) >= 11 is 5.83. The quantitative estimate of drug-likeness (QED) is 0.784. The molecule has 19 heavy (non-hydrogen) atoms. The Morgan fingerprint density at radius 1 is 1.32 bits per heavy atom. The Hall–Kier alpha value is -1.67. The fourth-order valence-corrected chi connectivity index (χ4v) is 2.05. The van der Waals surface area contributed by atoms with Crippen molar-refractivity contribution >= 4 is 29.5 Å². The van der Waals surface area contributed by atoms with Crippen LogP contribution in [-0.2, 0) is 4.79 Å². The van der Waals surface area contributed by atoms with E-state index in [-0.39, 0.29) is 11.8 Å². The molecular weight excluding hydrogens is 272 g/mol. The maximum absolute atomic E-state index is 10.6. The number of carbonyl (C=O) groups is 1. The number of aromatic nitrogens is 3. The summed E-state index contributed by atoms with van der Waals surface area (Å²) in [6.45, 7) is 2.70. The molecule has 104 valence electrons. The molecule has 2 heterocycles. The summed E-state index contributed by atoms with van der Waals surface area (Å²) in [6.07, 6.45) is 0. The molecule has 1 aliphatic heterocycles. The SMILES string of the molecule is CNc1nc(Cl)nc(N2CCN(CC(=O)O)CC2)n1. The highest BCUT2D eigenvalue weighted by atomic mass is 35.5. The second-order valence-corrected chi connectivity index (χ2v) is 4.47. The van der Waals surface area contributed by atoms with E-state index in [0.29, 0.717) is 38.1 Å². The van der Waals surface area contributed by atoms with Crippen LogP contribution >= 0.6 is 11.6 Å². The molecule has 1 fully saturated rings. The zero-order valence-corrected chi connectivity index (χ0v) is 11.3. The van der Waals surface area contributed by atoms with E-state index in [1.807, 2.05) is 9.80 Å². The van der Waals surface area contributed by atoms with Crippen LogP contribution in [0.25, 0.3) is 0 Å². The van der Waals surface area contributed by atoms with Crippen molar-refractivity contribution in [2.75, 3.05) is 50.0 Å². The number of nitrogens with zero attached hydrogens (tertiary/aromatic N) is 5. The number of carboxylic acid groups (broad SMARTS) is 1. The fourth-order valence-electron chi connectivity index (χ4n) is 1.89. The summed E-state index contributed by atoms with van der Waals surface area (Å²) < 4.78 is 0. The number of aliphatic carboxylic acids is 1. The predicted octanol–water partition coefficient (Wildman–Crippen LogP) is -0.227. The molecule has 1 aromatic heterocycles. The van der Waals surface area contributed by atoms with Crippen LogP contribution in [0.3, 0.4) is 0 Å². The molecule has 2 N–H and O–H groups in total. The van der Waals surface area contributed by atoms with Gasteiger partial charge in [-0.2, -0.15) is 15.0 Å². The van der Waals surface area contributed by atoms with Crippen LogP contribution in [0.4, 0.5) is 11.9 Å². The molecule has 0 spiro atoms. The van der Waals surface area contributed by atoms with Crippen molar-refractivity contribution in [2.45, 2.75) is 0 Å². The minimum atomic E-state index is -0.811. The number of hydrogen-bond donors (Lipinski definition) is 2. The number of anilines is 2. The molecular formula is C10H15ClN6O2. The first kappa shape index (κ1) is 13.8. The highest BCUT2D eigenvalue weighted by molar-refractivity contribution is 6.28. The van der Waals surface area contributed by atoms with Crippen LogP contribution < -0.4 is 10.2 Å². The lowest BCUT2D eigenvalue weighted by Gasteiger charge is -2.33. The Balaban J connectivity index is 2.01. The molecule has 0 amide bonds. The standard InChI is InChI=1S/C10H15ClN6O2/c1-12-9-13-8(11)14-10(15-9)17-4-2-16(3-5-17)6-7(18)19/h2-6H2,1H3,(H,18,19)(H,12,13,14,15). The van der Waals surface area contributed by atoms with Gasteiger partial charge in [0.25, 0.3) is 0 Å². The third kappa shape index (κ3) is 3.65. The van der Waals surface area contributed by atoms with Gasteiger partial charge >= 0.3 is 5.97 Å². The maximum atomic E-state index is 10.6. The monoisotopic (exact) mass is 286 g/mol. The van der Waals surface area contributed by atoms with Crippen LogP contribution in [0, 0.1) is 0 Å². The molecule has 0 aliphatic carbocycles. The number of carboxylic acids is 1. The molecule has 1 aromatic rings. The highest BCUT2D eigenvalue weighted by Gasteiger charge is 2.21. The molecule has 0 radical (unpaired) electrons. The van der Waals surface area contributed by atoms with Gasteiger partial charge in [-0.25, -0.2) is 0 Å². The van der Waals surface area contributed by atoms with E-state index in [1.165, 1.54) is 0 Å². The molecule has 0 atom stereocenters. The number of nitrogens with one attached hydrogen (secondary N) is 1. The summed E-state index contributed by atoms with van der Waals surface area (Å²) in [4.78, 5) is 26.7. The van der Waals surface area contributed by atoms with E-state index < -0.39 is 5.97 Å². The van der Waals surface area contributed by atoms with Gasteiger partial charge in [-0.15, -0.1) is 0 Å². The van der Waals surface area contributed by atoms with Gasteiger partial charge in [-0.05, 0) is 11.6 Å². The van der Waals surface area contributed by atoms with E-state index in [1.54, 1.807) is 7.05 Å². The van der Waals surface area contributed by atoms with Crippen LogP contribution in [0.2, 0.25) is 5.28 Å². The minimum absolute atomic E-state index is 0.0631. The van der Waals surface area contributed by atoms with Crippen molar-refractivity contribution in [1.82, 2.24) is 19.9 Å². The molecule has 0 unspecified atom stereocenters. The van der Waals surface area contributed by atoms with Crippen molar-refractivity contribution in [3.63, 3.8) is 0 Å². The molecule has 1 aliphatic rings. The van der Waals surface area contributed by atoms with E-state index >= 15 is 0 Å². The zero-order chi connectivity index (χ0) is 13.8. The summed E-state index contributed by atoms with van der Waals surface area (Å²) in [5.41, 5.74) is 0. The predicted molar refractivity (Wildman–Crippen MR) is 70.7 cm³/mol. The van der Waals surface area contributed by atoms with Crippen molar-refractivity contribution < 1.29 is 9.90 Å². The molecule has 0 aromatic carbocycles. The van der Waals surface area contributed by atoms with Gasteiger partial charge in [-0.1, -0.05) is 0 Å². The van der Waals surface area contributed by atoms with Gasteiger partial charge in [0.2, 0.25) is 17.2 Å². The summed E-state index contributed by atoms with van der Waals surface area (Å²) in [6, 6.07) is 0. The number of halogens is 1. The number of piperazine rings is 1. The van der Waals surface area contributed by atoms with Gasteiger partial charge in [0.05, 0.1) is 6.54 Å². The number of hydrogen-bond acceptors (Lipinski definition) is 7. The lowest BCUT2D eigenvalue weighted by Crippen LogP contribution is -2.48. The van der Waals surface area contributed by atoms with Gasteiger partial charge in [0, 0.05) is 33.2 Å². The van der Waals surface area contributed by atoms with Crippen molar-refractivity contribution in [3.05, 3.63) is 5.28 Å². The van der Waals surface area contributed by atoms with E-state index in [4.69, 9.17) is 16.7 Å². The second kappa shape index (κ2) is 5.98. The molecule has 0 saturated carbocycles. The van der Waals surface area contributed by atoms with Crippen LogP contribution in [-0.4, -0.2) is 70.7 Å². The van der Waals surface area contributed by atoms with E-state index in [0.717, 1.165) is 0 Å². The maximum Gasteiger partial charge on any atom is 0.317 e. The van der Waals surface area contributed by atoms with Gasteiger partial charge in [-0.3, -0.25) is 9.69 Å². The highest BCUT2D eigenvalue weighted by Crippen LogP contribution is 2.15. The smallest absolute Gasteiger partial charge is 0.317 e. The number of rotatable bonds is 4. The normalized spacial score (nSPS) is 16.4. The van der Waals surface area contributed by atoms with Gasteiger partial charge in [0.1, 0.15) is 0 Å². The topological polar surface area (TPSA) is 94.5 Å². The lowest BCUT2D eigenvalue weighted by atomic mass is 10.3. The fraction of sp³-hybridized carbons (Fsp3) is 0.600. The zero-order valence-electron chi connectivity index (χ0n) is 10.5. The van der Waals surface area contributed by atoms with Crippen molar-refractivity contribution in [3.8, 4) is 0 Å². The molecule has 9 heteroatoms. The Labute approximate surface area is 115 Å². The summed E-state index contributed by atoms with van der Waals surface area (Å²) in [5, 5.41) is 11.7. The van der Waals surface area contributed by atoms with Crippen molar-refractivity contribution in [2.24, 2.45) is 0 Å². The van der Waals surface area contributed by atoms with Crippen LogP contribution in [0.1, 0.15) is 0 Å². The van der Waals surface area contributed by atoms with Gasteiger partial charge < -0.3 is 15.3 Å². The molecule has 0 bridgehead atoms. The average molecular weight is 287 g/mol. The van der Waals surface area contributed by atoms with Crippen LogP contribution in [0.5, 0.6) is 0 Å². The molecule has 8 nitrogen and oxygen atoms in total. The third-order valence-corrected chi connectivity index (χ3v) is 3.00. The lowest BCUT2D eigenvalue weighted by molar-refractivity contribution is -0.138. The molecule has 1 saturated heterocycles. The van der Waals surface area contributed by atoms with Crippen molar-refractivity contribution in [1.29, 1.82) is 0 Å². The van der Waals surface area contributed by atoms with E-state index in [2.05, 4.69) is 20.3 Å². The molecule has 2 rings (SSSR count). The minimum Gasteiger partial charge on any atom is -0.480 e. The Bertz CT molecular complexity index is 463. The van der Waals surface area contributed by atoms with Crippen LogP contribution in [0.15, 0.2) is 0 Å². The van der Waals surface area contributed by atoms with Gasteiger partial charge in [0.15, 0.2) is 0 Å². The Kier molecular flexibility index (Phi) is 4.33. The third-order valence-electron chi connectivity index (χ3n) is 2.83. The average Bonchev–Trinajstić information content (AvgIpc) is 2.38. The second-order valence-electron chi connectivity index (χ2n) is 4.13. The first-order valence-electron chi connectivity index (χ1n) is 5.87. The summed E-state index contributed by atoms with van der Waals surface area (Å²) in [7, 11) is 1.71.